The number of rotatable bonds is 3. The highest BCUT2D eigenvalue weighted by Crippen LogP contribution is 2.37. The van der Waals surface area contributed by atoms with Crippen LogP contribution >= 0.6 is 0 Å². The Morgan fingerprint density at radius 2 is 1.64 bits per heavy atom. The summed E-state index contributed by atoms with van der Waals surface area (Å²) in [6, 6.07) is 20.4. The molecule has 1 aromatic heterocycles. The van der Waals surface area contributed by atoms with Crippen LogP contribution in [0.2, 0.25) is 0 Å². The van der Waals surface area contributed by atoms with Gasteiger partial charge in [-0.25, -0.2) is 0 Å². The van der Waals surface area contributed by atoms with Gasteiger partial charge in [0.15, 0.2) is 5.78 Å². The SMILES string of the molecule is CCC1C(=O)C(c2ccc(-c3cccnc3)cc2)=Cc2ccccc21. The zero-order chi connectivity index (χ0) is 17.2. The lowest BCUT2D eigenvalue weighted by molar-refractivity contribution is -0.115. The maximum absolute atomic E-state index is 13.0. The molecule has 0 radical (unpaired) electrons. The average Bonchev–Trinajstić information content (AvgIpc) is 2.68. The number of carbonyl (C=O) groups is 1. The van der Waals surface area contributed by atoms with Crippen molar-refractivity contribution in [3.8, 4) is 11.1 Å². The molecule has 0 saturated carbocycles. The molecule has 0 N–H and O–H groups in total. The third-order valence-electron chi connectivity index (χ3n) is 4.85. The summed E-state index contributed by atoms with van der Waals surface area (Å²) in [4.78, 5) is 17.2. The molecule has 2 heteroatoms. The molecule has 122 valence electrons. The number of allylic oxidation sites excluding steroid dienone is 1. The van der Waals surface area contributed by atoms with E-state index in [-0.39, 0.29) is 11.7 Å². The van der Waals surface area contributed by atoms with Crippen LogP contribution in [-0.4, -0.2) is 10.8 Å². The second kappa shape index (κ2) is 6.48. The molecular formula is C23H19NO. The quantitative estimate of drug-likeness (QED) is 0.648. The molecule has 1 heterocycles. The molecule has 1 aliphatic carbocycles. The fraction of sp³-hybridized carbons (Fsp3) is 0.130. The smallest absolute Gasteiger partial charge is 0.170 e. The number of nitrogens with zero attached hydrogens (tertiary/aromatic N) is 1. The number of hydrogen-bond acceptors (Lipinski definition) is 2. The lowest BCUT2D eigenvalue weighted by Crippen LogP contribution is -2.18. The first-order valence-electron chi connectivity index (χ1n) is 8.63. The predicted molar refractivity (Wildman–Crippen MR) is 102 cm³/mol. The highest BCUT2D eigenvalue weighted by Gasteiger charge is 2.28. The minimum atomic E-state index is -0.0470. The number of hydrogen-bond donors (Lipinski definition) is 0. The molecule has 4 rings (SSSR count). The largest absolute Gasteiger partial charge is 0.293 e. The molecule has 0 amide bonds. The third-order valence-corrected chi connectivity index (χ3v) is 4.85. The van der Waals surface area contributed by atoms with Crippen LogP contribution in [0.15, 0.2) is 73.1 Å². The van der Waals surface area contributed by atoms with E-state index in [0.717, 1.165) is 39.8 Å². The van der Waals surface area contributed by atoms with Gasteiger partial charge in [-0.15, -0.1) is 0 Å². The van der Waals surface area contributed by atoms with Gasteiger partial charge in [-0.2, -0.15) is 0 Å². The van der Waals surface area contributed by atoms with E-state index in [2.05, 4.69) is 36.2 Å². The van der Waals surface area contributed by atoms with Gasteiger partial charge in [0.25, 0.3) is 0 Å². The lowest BCUT2D eigenvalue weighted by atomic mass is 9.78. The number of pyridine rings is 1. The third kappa shape index (κ3) is 2.80. The Labute approximate surface area is 147 Å². The van der Waals surface area contributed by atoms with Crippen molar-refractivity contribution in [2.45, 2.75) is 19.3 Å². The first-order valence-corrected chi connectivity index (χ1v) is 8.63. The van der Waals surface area contributed by atoms with E-state index in [0.29, 0.717) is 0 Å². The zero-order valence-electron chi connectivity index (χ0n) is 14.1. The lowest BCUT2D eigenvalue weighted by Gasteiger charge is -2.24. The highest BCUT2D eigenvalue weighted by molar-refractivity contribution is 6.29. The van der Waals surface area contributed by atoms with Crippen molar-refractivity contribution in [2.75, 3.05) is 0 Å². The zero-order valence-corrected chi connectivity index (χ0v) is 14.1. The Morgan fingerprint density at radius 3 is 2.36 bits per heavy atom. The fourth-order valence-corrected chi connectivity index (χ4v) is 3.52. The average molecular weight is 325 g/mol. The first kappa shape index (κ1) is 15.5. The number of Topliss-reactive ketones (excluding diaryl/α,β-unsaturated/α-hetero) is 1. The van der Waals surface area contributed by atoms with E-state index < -0.39 is 0 Å². The van der Waals surface area contributed by atoms with Crippen molar-refractivity contribution in [1.29, 1.82) is 0 Å². The van der Waals surface area contributed by atoms with Gasteiger partial charge in [-0.1, -0.05) is 61.5 Å². The summed E-state index contributed by atoms with van der Waals surface area (Å²) in [6.07, 6.45) is 6.47. The van der Waals surface area contributed by atoms with E-state index in [1.165, 1.54) is 0 Å². The minimum Gasteiger partial charge on any atom is -0.293 e. The van der Waals surface area contributed by atoms with E-state index >= 15 is 0 Å². The molecule has 3 aromatic rings. The van der Waals surface area contributed by atoms with Gasteiger partial charge < -0.3 is 0 Å². The highest BCUT2D eigenvalue weighted by atomic mass is 16.1. The van der Waals surface area contributed by atoms with Gasteiger partial charge in [0.2, 0.25) is 0 Å². The van der Waals surface area contributed by atoms with Crippen molar-refractivity contribution in [1.82, 2.24) is 4.98 Å². The van der Waals surface area contributed by atoms with Gasteiger partial charge in [0.05, 0.1) is 0 Å². The summed E-state index contributed by atoms with van der Waals surface area (Å²) in [5.41, 5.74) is 6.27. The van der Waals surface area contributed by atoms with Crippen LogP contribution in [0.1, 0.15) is 36.0 Å². The molecule has 0 saturated heterocycles. The number of ketones is 1. The van der Waals surface area contributed by atoms with Gasteiger partial charge in [-0.3, -0.25) is 9.78 Å². The Hall–Kier alpha value is -3.00. The molecule has 0 spiro atoms. The summed E-state index contributed by atoms with van der Waals surface area (Å²) in [5, 5.41) is 0. The molecule has 25 heavy (non-hydrogen) atoms. The van der Waals surface area contributed by atoms with Crippen LogP contribution in [-0.2, 0) is 4.79 Å². The van der Waals surface area contributed by atoms with E-state index in [1.807, 2.05) is 48.7 Å². The molecular weight excluding hydrogens is 306 g/mol. The van der Waals surface area contributed by atoms with Crippen LogP contribution in [0.25, 0.3) is 22.8 Å². The standard InChI is InChI=1S/C23H19NO/c1-2-20-21-8-4-3-6-18(21)14-22(23(20)25)17-11-9-16(10-12-17)19-7-5-13-24-15-19/h3-15,20H,2H2,1H3. The summed E-state index contributed by atoms with van der Waals surface area (Å²) < 4.78 is 0. The molecule has 0 aliphatic heterocycles. The molecule has 0 fully saturated rings. The number of fused-ring (bicyclic) bond motifs is 1. The maximum atomic E-state index is 13.0. The van der Waals surface area contributed by atoms with E-state index in [1.54, 1.807) is 6.20 Å². The maximum Gasteiger partial charge on any atom is 0.170 e. The number of aromatic nitrogens is 1. The second-order valence-corrected chi connectivity index (χ2v) is 6.33. The summed E-state index contributed by atoms with van der Waals surface area (Å²) in [5.74, 6) is 0.171. The van der Waals surface area contributed by atoms with Gasteiger partial charge in [0, 0.05) is 23.9 Å². The monoisotopic (exact) mass is 325 g/mol. The normalized spacial score (nSPS) is 16.3. The van der Waals surface area contributed by atoms with Gasteiger partial charge in [0.1, 0.15) is 0 Å². The Morgan fingerprint density at radius 1 is 0.880 bits per heavy atom. The van der Waals surface area contributed by atoms with Crippen molar-refractivity contribution < 1.29 is 4.79 Å². The fourth-order valence-electron chi connectivity index (χ4n) is 3.52. The molecule has 1 atom stereocenters. The topological polar surface area (TPSA) is 30.0 Å². The van der Waals surface area contributed by atoms with Crippen molar-refractivity contribution in [3.05, 3.63) is 89.7 Å². The van der Waals surface area contributed by atoms with Gasteiger partial charge >= 0.3 is 0 Å². The molecule has 1 unspecified atom stereocenters. The molecule has 2 nitrogen and oxygen atoms in total. The van der Waals surface area contributed by atoms with Crippen LogP contribution in [0.3, 0.4) is 0 Å². The summed E-state index contributed by atoms with van der Waals surface area (Å²) in [7, 11) is 0. The Balaban J connectivity index is 1.74. The Kier molecular flexibility index (Phi) is 4.02. The molecule has 2 aromatic carbocycles. The van der Waals surface area contributed by atoms with Crippen LogP contribution in [0.5, 0.6) is 0 Å². The number of carbonyl (C=O) groups excluding carboxylic acids is 1. The summed E-state index contributed by atoms with van der Waals surface area (Å²) >= 11 is 0. The van der Waals surface area contributed by atoms with Crippen LogP contribution in [0, 0.1) is 0 Å². The van der Waals surface area contributed by atoms with E-state index in [9.17, 15) is 4.79 Å². The van der Waals surface area contributed by atoms with Crippen molar-refractivity contribution in [2.24, 2.45) is 0 Å². The number of benzene rings is 2. The van der Waals surface area contributed by atoms with Crippen molar-refractivity contribution in [3.63, 3.8) is 0 Å². The molecule has 1 aliphatic rings. The minimum absolute atomic E-state index is 0.0470. The van der Waals surface area contributed by atoms with Crippen LogP contribution in [0.4, 0.5) is 0 Å². The van der Waals surface area contributed by atoms with Gasteiger partial charge in [-0.05, 0) is 46.4 Å². The first-order chi connectivity index (χ1) is 12.3. The molecule has 0 bridgehead atoms. The predicted octanol–water partition coefficient (Wildman–Crippen LogP) is 5.37. The Bertz CT molecular complexity index is 939. The van der Waals surface area contributed by atoms with Crippen LogP contribution < -0.4 is 0 Å². The summed E-state index contributed by atoms with van der Waals surface area (Å²) in [6.45, 7) is 2.08. The second-order valence-electron chi connectivity index (χ2n) is 6.33. The van der Waals surface area contributed by atoms with Crippen molar-refractivity contribution >= 4 is 17.4 Å². The van der Waals surface area contributed by atoms with E-state index in [4.69, 9.17) is 0 Å².